The molecule has 23 heavy (non-hydrogen) atoms. The summed E-state index contributed by atoms with van der Waals surface area (Å²) < 4.78 is 13.9. The predicted octanol–water partition coefficient (Wildman–Crippen LogP) is 3.83. The Hall–Kier alpha value is -1.24. The molecule has 1 heterocycles. The molecule has 2 aromatic rings. The van der Waals surface area contributed by atoms with E-state index >= 15 is 0 Å². The molecular weight excluding hydrogens is 379 g/mol. The van der Waals surface area contributed by atoms with Gasteiger partial charge in [-0.3, -0.25) is 9.69 Å². The molecule has 0 saturated carbocycles. The van der Waals surface area contributed by atoms with Crippen LogP contribution in [0.25, 0.3) is 0 Å². The summed E-state index contributed by atoms with van der Waals surface area (Å²) in [6.45, 7) is 3.19. The SMILES string of the molecule is CC(C(=O)NCCc1ccc(F)cc1)N(C)Cc1cc(Br)cs1. The number of carbonyl (C=O) groups excluding carboxylic acids is 1. The Morgan fingerprint density at radius 2 is 2.09 bits per heavy atom. The maximum atomic E-state index is 12.8. The number of likely N-dealkylation sites (N-methyl/N-ethyl adjacent to an activating group) is 1. The predicted molar refractivity (Wildman–Crippen MR) is 96.1 cm³/mol. The Balaban J connectivity index is 1.76. The topological polar surface area (TPSA) is 32.3 Å². The normalized spacial score (nSPS) is 12.4. The van der Waals surface area contributed by atoms with Gasteiger partial charge in [-0.1, -0.05) is 12.1 Å². The number of thiophene rings is 1. The summed E-state index contributed by atoms with van der Waals surface area (Å²) in [6.07, 6.45) is 0.695. The summed E-state index contributed by atoms with van der Waals surface area (Å²) in [5, 5.41) is 4.98. The van der Waals surface area contributed by atoms with Gasteiger partial charge in [0.2, 0.25) is 5.91 Å². The molecule has 0 fully saturated rings. The highest BCUT2D eigenvalue weighted by atomic mass is 79.9. The minimum Gasteiger partial charge on any atom is -0.354 e. The quantitative estimate of drug-likeness (QED) is 0.768. The van der Waals surface area contributed by atoms with Gasteiger partial charge in [0.1, 0.15) is 5.82 Å². The van der Waals surface area contributed by atoms with Crippen LogP contribution in [-0.2, 0) is 17.8 Å². The van der Waals surface area contributed by atoms with E-state index in [1.54, 1.807) is 23.5 Å². The zero-order valence-corrected chi connectivity index (χ0v) is 15.6. The van der Waals surface area contributed by atoms with Crippen molar-refractivity contribution >= 4 is 33.2 Å². The standard InChI is InChI=1S/C17H20BrFN2OS/c1-12(21(2)10-16-9-14(18)11-23-16)17(22)20-8-7-13-3-5-15(19)6-4-13/h3-6,9,11-12H,7-8,10H2,1-2H3,(H,20,22). The fourth-order valence-corrected chi connectivity index (χ4v) is 3.66. The van der Waals surface area contributed by atoms with Crippen LogP contribution in [0, 0.1) is 5.82 Å². The maximum Gasteiger partial charge on any atom is 0.237 e. The Morgan fingerprint density at radius 1 is 1.39 bits per heavy atom. The summed E-state index contributed by atoms with van der Waals surface area (Å²) in [4.78, 5) is 15.4. The van der Waals surface area contributed by atoms with Gasteiger partial charge in [0.05, 0.1) is 6.04 Å². The van der Waals surface area contributed by atoms with Crippen molar-refractivity contribution in [3.63, 3.8) is 0 Å². The molecule has 3 nitrogen and oxygen atoms in total. The maximum absolute atomic E-state index is 12.8. The highest BCUT2D eigenvalue weighted by molar-refractivity contribution is 9.10. The van der Waals surface area contributed by atoms with E-state index in [4.69, 9.17) is 0 Å². The Labute approximate surface area is 148 Å². The van der Waals surface area contributed by atoms with Gasteiger partial charge in [-0.15, -0.1) is 11.3 Å². The highest BCUT2D eigenvalue weighted by Gasteiger charge is 2.18. The third-order valence-electron chi connectivity index (χ3n) is 3.69. The lowest BCUT2D eigenvalue weighted by Gasteiger charge is -2.23. The number of amides is 1. The van der Waals surface area contributed by atoms with E-state index in [2.05, 4.69) is 27.3 Å². The van der Waals surface area contributed by atoms with E-state index < -0.39 is 0 Å². The fourth-order valence-electron chi connectivity index (χ4n) is 2.15. The summed E-state index contributed by atoms with van der Waals surface area (Å²) in [6, 6.07) is 8.22. The van der Waals surface area contributed by atoms with Crippen LogP contribution in [0.1, 0.15) is 17.4 Å². The zero-order chi connectivity index (χ0) is 16.8. The molecular formula is C17H20BrFN2OS. The van der Waals surface area contributed by atoms with Gasteiger partial charge in [-0.05, 0) is 60.1 Å². The van der Waals surface area contributed by atoms with Crippen LogP contribution in [0.5, 0.6) is 0 Å². The van der Waals surface area contributed by atoms with E-state index in [0.717, 1.165) is 16.6 Å². The first-order valence-corrected chi connectivity index (χ1v) is 9.08. The van der Waals surface area contributed by atoms with E-state index in [-0.39, 0.29) is 17.8 Å². The van der Waals surface area contributed by atoms with Crippen LogP contribution in [0.3, 0.4) is 0 Å². The number of nitrogens with zero attached hydrogens (tertiary/aromatic N) is 1. The molecule has 1 amide bonds. The first-order valence-electron chi connectivity index (χ1n) is 7.41. The van der Waals surface area contributed by atoms with Crippen LogP contribution >= 0.6 is 27.3 Å². The molecule has 1 atom stereocenters. The number of halogens is 2. The first-order chi connectivity index (χ1) is 11.0. The van der Waals surface area contributed by atoms with Crippen LogP contribution in [0.2, 0.25) is 0 Å². The van der Waals surface area contributed by atoms with Crippen molar-refractivity contribution in [2.24, 2.45) is 0 Å². The third kappa shape index (κ3) is 5.71. The summed E-state index contributed by atoms with van der Waals surface area (Å²) >= 11 is 5.11. The van der Waals surface area contributed by atoms with Crippen LogP contribution in [0.4, 0.5) is 4.39 Å². The van der Waals surface area contributed by atoms with Crippen molar-refractivity contribution < 1.29 is 9.18 Å². The second-order valence-corrected chi connectivity index (χ2v) is 7.40. The molecule has 0 aliphatic carbocycles. The highest BCUT2D eigenvalue weighted by Crippen LogP contribution is 2.21. The molecule has 0 spiro atoms. The molecule has 1 N–H and O–H groups in total. The number of benzene rings is 1. The van der Waals surface area contributed by atoms with Gasteiger partial charge in [0.15, 0.2) is 0 Å². The smallest absolute Gasteiger partial charge is 0.237 e. The molecule has 1 aromatic carbocycles. The van der Waals surface area contributed by atoms with Crippen molar-refractivity contribution in [2.75, 3.05) is 13.6 Å². The second-order valence-electron chi connectivity index (χ2n) is 5.49. The van der Waals surface area contributed by atoms with Gasteiger partial charge in [-0.2, -0.15) is 0 Å². The minimum atomic E-state index is -0.242. The number of rotatable bonds is 7. The van der Waals surface area contributed by atoms with Crippen molar-refractivity contribution in [1.29, 1.82) is 0 Å². The fraction of sp³-hybridized carbons (Fsp3) is 0.353. The summed E-state index contributed by atoms with van der Waals surface area (Å²) in [7, 11) is 1.94. The number of nitrogens with one attached hydrogen (secondary N) is 1. The number of hydrogen-bond acceptors (Lipinski definition) is 3. The number of hydrogen-bond donors (Lipinski definition) is 1. The largest absolute Gasteiger partial charge is 0.354 e. The van der Waals surface area contributed by atoms with Gasteiger partial charge in [0, 0.05) is 27.8 Å². The van der Waals surface area contributed by atoms with Crippen molar-refractivity contribution in [3.05, 3.63) is 56.4 Å². The molecule has 124 valence electrons. The zero-order valence-electron chi connectivity index (χ0n) is 13.2. The average Bonchev–Trinajstić information content (AvgIpc) is 2.93. The Bertz CT molecular complexity index is 644. The van der Waals surface area contributed by atoms with Crippen molar-refractivity contribution in [1.82, 2.24) is 10.2 Å². The van der Waals surface area contributed by atoms with Crippen molar-refractivity contribution in [2.45, 2.75) is 25.9 Å². The van der Waals surface area contributed by atoms with E-state index in [1.165, 1.54) is 17.0 Å². The summed E-state index contributed by atoms with van der Waals surface area (Å²) in [5.41, 5.74) is 1.01. The molecule has 1 aromatic heterocycles. The molecule has 2 rings (SSSR count). The second kappa shape index (κ2) is 8.57. The molecule has 0 saturated heterocycles. The summed E-state index contributed by atoms with van der Waals surface area (Å²) in [5.74, 6) is -0.238. The number of carbonyl (C=O) groups is 1. The van der Waals surface area contributed by atoms with Gasteiger partial charge < -0.3 is 5.32 Å². The first kappa shape index (κ1) is 18.1. The average molecular weight is 399 g/mol. The van der Waals surface area contributed by atoms with E-state index in [9.17, 15) is 9.18 Å². The van der Waals surface area contributed by atoms with E-state index in [1.807, 2.05) is 24.3 Å². The Morgan fingerprint density at radius 3 is 2.70 bits per heavy atom. The van der Waals surface area contributed by atoms with Gasteiger partial charge in [-0.25, -0.2) is 4.39 Å². The molecule has 0 aliphatic rings. The minimum absolute atomic E-state index is 0.00485. The lowest BCUT2D eigenvalue weighted by Crippen LogP contribution is -2.43. The van der Waals surface area contributed by atoms with Crippen molar-refractivity contribution in [3.8, 4) is 0 Å². The van der Waals surface area contributed by atoms with Gasteiger partial charge in [0.25, 0.3) is 0 Å². The monoisotopic (exact) mass is 398 g/mol. The molecule has 0 radical (unpaired) electrons. The van der Waals surface area contributed by atoms with E-state index in [0.29, 0.717) is 13.0 Å². The molecule has 6 heteroatoms. The van der Waals surface area contributed by atoms with Crippen LogP contribution in [-0.4, -0.2) is 30.4 Å². The lowest BCUT2D eigenvalue weighted by molar-refractivity contribution is -0.125. The van der Waals surface area contributed by atoms with Gasteiger partial charge >= 0.3 is 0 Å². The third-order valence-corrected chi connectivity index (χ3v) is 5.38. The lowest BCUT2D eigenvalue weighted by atomic mass is 10.1. The molecule has 1 unspecified atom stereocenters. The molecule has 0 bridgehead atoms. The Kier molecular flexibility index (Phi) is 6.74. The van der Waals surface area contributed by atoms with Crippen LogP contribution in [0.15, 0.2) is 40.2 Å². The molecule has 0 aliphatic heterocycles. The van der Waals surface area contributed by atoms with Crippen LogP contribution < -0.4 is 5.32 Å².